The molecular formula is C28H25ClN2O6. The number of rotatable bonds is 8. The smallest absolute Gasteiger partial charge is 0.357 e. The quantitative estimate of drug-likeness (QED) is 0.277. The molecule has 0 atom stereocenters. The van der Waals surface area contributed by atoms with Crippen molar-refractivity contribution in [1.29, 1.82) is 0 Å². The van der Waals surface area contributed by atoms with Crippen LogP contribution in [-0.2, 0) is 16.1 Å². The maximum atomic E-state index is 12.9. The van der Waals surface area contributed by atoms with Crippen LogP contribution in [0.15, 0.2) is 66.7 Å². The Morgan fingerprint density at radius 3 is 2.24 bits per heavy atom. The van der Waals surface area contributed by atoms with Crippen LogP contribution in [0, 0.1) is 6.92 Å². The van der Waals surface area contributed by atoms with Crippen molar-refractivity contribution in [2.45, 2.75) is 13.5 Å². The highest BCUT2D eigenvalue weighted by Crippen LogP contribution is 2.33. The van der Waals surface area contributed by atoms with E-state index in [1.54, 1.807) is 55.6 Å². The largest absolute Gasteiger partial charge is 0.496 e. The van der Waals surface area contributed by atoms with E-state index in [4.69, 9.17) is 30.5 Å². The van der Waals surface area contributed by atoms with Gasteiger partial charge >= 0.3 is 11.9 Å². The zero-order valence-electron chi connectivity index (χ0n) is 20.8. The molecule has 1 aromatic heterocycles. The maximum Gasteiger partial charge on any atom is 0.357 e. The molecule has 0 unspecified atom stereocenters. The second kappa shape index (κ2) is 11.2. The Morgan fingerprint density at radius 1 is 0.892 bits per heavy atom. The highest BCUT2D eigenvalue weighted by Gasteiger charge is 2.31. The van der Waals surface area contributed by atoms with Gasteiger partial charge < -0.3 is 18.9 Å². The third kappa shape index (κ3) is 5.29. The number of ether oxygens (including phenoxy) is 4. The Bertz CT molecular complexity index is 1450. The van der Waals surface area contributed by atoms with Crippen molar-refractivity contribution in [1.82, 2.24) is 9.78 Å². The molecule has 0 saturated heterocycles. The summed E-state index contributed by atoms with van der Waals surface area (Å²) in [6.07, 6.45) is 0. The van der Waals surface area contributed by atoms with Crippen molar-refractivity contribution in [3.8, 4) is 28.4 Å². The number of aromatic nitrogens is 2. The molecule has 0 radical (unpaired) electrons. The van der Waals surface area contributed by atoms with Crippen molar-refractivity contribution >= 4 is 23.5 Å². The molecule has 4 aromatic rings. The number of halogens is 1. The summed E-state index contributed by atoms with van der Waals surface area (Å²) in [6, 6.07) is 19.8. The van der Waals surface area contributed by atoms with E-state index in [1.807, 2.05) is 25.1 Å². The van der Waals surface area contributed by atoms with Crippen LogP contribution in [-0.4, -0.2) is 43.0 Å². The molecule has 0 saturated carbocycles. The van der Waals surface area contributed by atoms with Gasteiger partial charge in [0.1, 0.15) is 29.4 Å². The molecule has 37 heavy (non-hydrogen) atoms. The van der Waals surface area contributed by atoms with E-state index in [9.17, 15) is 9.59 Å². The van der Waals surface area contributed by atoms with Gasteiger partial charge in [0.15, 0.2) is 5.69 Å². The average Bonchev–Trinajstić information content (AvgIpc) is 3.33. The summed E-state index contributed by atoms with van der Waals surface area (Å²) in [7, 11) is 4.03. The molecule has 0 N–H and O–H groups in total. The Morgan fingerprint density at radius 2 is 1.59 bits per heavy atom. The summed E-state index contributed by atoms with van der Waals surface area (Å²) in [5.74, 6) is -0.356. The molecule has 3 aromatic carbocycles. The van der Waals surface area contributed by atoms with E-state index < -0.39 is 11.9 Å². The van der Waals surface area contributed by atoms with E-state index in [2.05, 4.69) is 5.10 Å². The number of methoxy groups -OCH3 is 3. The van der Waals surface area contributed by atoms with E-state index in [-0.39, 0.29) is 23.6 Å². The van der Waals surface area contributed by atoms with E-state index in [0.717, 1.165) is 5.56 Å². The molecule has 0 aliphatic heterocycles. The minimum Gasteiger partial charge on any atom is -0.496 e. The number of hydrogen-bond donors (Lipinski definition) is 0. The van der Waals surface area contributed by atoms with Gasteiger partial charge in [-0.1, -0.05) is 35.9 Å². The van der Waals surface area contributed by atoms with Crippen LogP contribution >= 0.6 is 11.6 Å². The number of carbonyl (C=O) groups excluding carboxylic acids is 2. The van der Waals surface area contributed by atoms with Gasteiger partial charge in [-0.05, 0) is 55.0 Å². The molecule has 0 aliphatic rings. The van der Waals surface area contributed by atoms with Crippen LogP contribution in [0.25, 0.3) is 16.9 Å². The monoisotopic (exact) mass is 520 g/mol. The minimum atomic E-state index is -0.728. The summed E-state index contributed by atoms with van der Waals surface area (Å²) >= 11 is 6.33. The van der Waals surface area contributed by atoms with Crippen molar-refractivity contribution in [3.63, 3.8) is 0 Å². The fourth-order valence-electron chi connectivity index (χ4n) is 3.87. The summed E-state index contributed by atoms with van der Waals surface area (Å²) in [4.78, 5) is 25.8. The van der Waals surface area contributed by atoms with Crippen LogP contribution in [0.1, 0.15) is 32.0 Å². The molecule has 190 valence electrons. The number of nitrogens with zero attached hydrogens (tertiary/aromatic N) is 2. The number of aryl methyl sites for hydroxylation is 1. The zero-order chi connectivity index (χ0) is 26.5. The Balaban J connectivity index is 1.84. The lowest BCUT2D eigenvalue weighted by atomic mass is 10.0. The molecule has 4 rings (SSSR count). The number of hydrogen-bond acceptors (Lipinski definition) is 7. The number of esters is 2. The van der Waals surface area contributed by atoms with E-state index >= 15 is 0 Å². The fourth-order valence-corrected chi connectivity index (χ4v) is 4.16. The van der Waals surface area contributed by atoms with Crippen molar-refractivity contribution in [2.24, 2.45) is 0 Å². The van der Waals surface area contributed by atoms with Crippen LogP contribution in [0.4, 0.5) is 0 Å². The Kier molecular flexibility index (Phi) is 7.79. The van der Waals surface area contributed by atoms with Gasteiger partial charge in [0.2, 0.25) is 0 Å². The predicted molar refractivity (Wildman–Crippen MR) is 139 cm³/mol. The molecule has 0 spiro atoms. The van der Waals surface area contributed by atoms with Gasteiger partial charge in [0.05, 0.1) is 32.0 Å². The summed E-state index contributed by atoms with van der Waals surface area (Å²) in [6.45, 7) is 2.08. The number of para-hydroxylation sites is 1. The fraction of sp³-hybridized carbons (Fsp3) is 0.179. The third-order valence-electron chi connectivity index (χ3n) is 5.68. The first kappa shape index (κ1) is 25.8. The van der Waals surface area contributed by atoms with Gasteiger partial charge in [-0.2, -0.15) is 5.10 Å². The normalized spacial score (nSPS) is 10.6. The molecule has 0 bridgehead atoms. The second-order valence-corrected chi connectivity index (χ2v) is 8.46. The molecule has 0 aliphatic carbocycles. The van der Waals surface area contributed by atoms with Crippen LogP contribution in [0.5, 0.6) is 11.5 Å². The van der Waals surface area contributed by atoms with E-state index in [0.29, 0.717) is 33.3 Å². The first-order chi connectivity index (χ1) is 17.9. The molecule has 8 nitrogen and oxygen atoms in total. The lowest BCUT2D eigenvalue weighted by Crippen LogP contribution is -2.15. The standard InChI is InChI=1S/C28H25ClN2O6/c1-17-10-12-23(21(29)14-17)37-16-19-15-18(11-13-22(19)34-2)25-24(27(32)35-3)26(28(33)36-4)31(30-25)20-8-6-5-7-9-20/h5-15H,16H2,1-4H3. The average molecular weight is 521 g/mol. The first-order valence-corrected chi connectivity index (χ1v) is 11.7. The van der Waals surface area contributed by atoms with Gasteiger partial charge in [-0.3, -0.25) is 0 Å². The van der Waals surface area contributed by atoms with Gasteiger partial charge in [-0.15, -0.1) is 0 Å². The van der Waals surface area contributed by atoms with Gasteiger partial charge in [0.25, 0.3) is 0 Å². The summed E-state index contributed by atoms with van der Waals surface area (Å²) < 4.78 is 22.9. The maximum absolute atomic E-state index is 12.9. The third-order valence-corrected chi connectivity index (χ3v) is 5.97. The molecule has 1 heterocycles. The van der Waals surface area contributed by atoms with Crippen molar-refractivity contribution in [3.05, 3.63) is 94.1 Å². The van der Waals surface area contributed by atoms with Gasteiger partial charge in [0, 0.05) is 11.1 Å². The topological polar surface area (TPSA) is 88.9 Å². The molecule has 9 heteroatoms. The van der Waals surface area contributed by atoms with Crippen molar-refractivity contribution in [2.75, 3.05) is 21.3 Å². The second-order valence-electron chi connectivity index (χ2n) is 8.05. The number of carbonyl (C=O) groups is 2. The SMILES string of the molecule is COC(=O)c1c(-c2ccc(OC)c(COc3ccc(C)cc3Cl)c2)nn(-c2ccccc2)c1C(=O)OC. The highest BCUT2D eigenvalue weighted by atomic mass is 35.5. The summed E-state index contributed by atoms with van der Waals surface area (Å²) in [5.41, 5.74) is 3.00. The van der Waals surface area contributed by atoms with E-state index in [1.165, 1.54) is 18.9 Å². The van der Waals surface area contributed by atoms with Crippen molar-refractivity contribution < 1.29 is 28.5 Å². The van der Waals surface area contributed by atoms with Crippen LogP contribution < -0.4 is 9.47 Å². The summed E-state index contributed by atoms with van der Waals surface area (Å²) in [5, 5.41) is 5.13. The molecular weight excluding hydrogens is 496 g/mol. The minimum absolute atomic E-state index is 0.0168. The lowest BCUT2D eigenvalue weighted by Gasteiger charge is -2.13. The lowest BCUT2D eigenvalue weighted by molar-refractivity contribution is 0.0549. The van der Waals surface area contributed by atoms with Crippen LogP contribution in [0.2, 0.25) is 5.02 Å². The zero-order valence-corrected chi connectivity index (χ0v) is 21.5. The Hall–Kier alpha value is -4.30. The molecule has 0 amide bonds. The predicted octanol–water partition coefficient (Wildman–Crippen LogP) is 5.66. The Labute approximate surface area is 219 Å². The van der Waals surface area contributed by atoms with Gasteiger partial charge in [-0.25, -0.2) is 14.3 Å². The number of benzene rings is 3. The highest BCUT2D eigenvalue weighted by molar-refractivity contribution is 6.32. The van der Waals surface area contributed by atoms with Crippen LogP contribution in [0.3, 0.4) is 0 Å². The molecule has 0 fully saturated rings. The first-order valence-electron chi connectivity index (χ1n) is 11.3.